The van der Waals surface area contributed by atoms with Gasteiger partial charge in [0.2, 0.25) is 5.91 Å². The number of benzene rings is 1. The molecule has 0 aliphatic carbocycles. The maximum Gasteiger partial charge on any atom is 0.402 e. The van der Waals surface area contributed by atoms with Crippen molar-refractivity contribution in [2.75, 3.05) is 32.7 Å². The van der Waals surface area contributed by atoms with Crippen molar-refractivity contribution in [3.8, 4) is 0 Å². The second kappa shape index (κ2) is 7.75. The van der Waals surface area contributed by atoms with E-state index in [1.165, 1.54) is 17.0 Å². The molecular formula is C22H26F4N4O2. The van der Waals surface area contributed by atoms with E-state index < -0.39 is 17.5 Å². The van der Waals surface area contributed by atoms with Crippen LogP contribution in [0.25, 0.3) is 0 Å². The van der Waals surface area contributed by atoms with E-state index in [4.69, 9.17) is 0 Å². The number of likely N-dealkylation sites (tertiary alicyclic amines) is 2. The zero-order valence-corrected chi connectivity index (χ0v) is 18.0. The van der Waals surface area contributed by atoms with Crippen LogP contribution >= 0.6 is 0 Å². The fourth-order valence-corrected chi connectivity index (χ4v) is 4.48. The van der Waals surface area contributed by atoms with Gasteiger partial charge in [-0.2, -0.15) is 13.2 Å². The second-order valence-corrected chi connectivity index (χ2v) is 9.50. The summed E-state index contributed by atoms with van der Waals surface area (Å²) in [6.45, 7) is 4.08. The number of alkyl halides is 3. The van der Waals surface area contributed by atoms with Crippen molar-refractivity contribution in [2.24, 2.45) is 10.8 Å². The van der Waals surface area contributed by atoms with Gasteiger partial charge in [0, 0.05) is 44.3 Å². The molecule has 1 aromatic rings. The van der Waals surface area contributed by atoms with Crippen LogP contribution in [0.1, 0.15) is 25.8 Å². The van der Waals surface area contributed by atoms with Crippen LogP contribution in [-0.2, 0) is 16.1 Å². The molecule has 0 atom stereocenters. The summed E-state index contributed by atoms with van der Waals surface area (Å²) in [6.07, 6.45) is -2.21. The van der Waals surface area contributed by atoms with Crippen LogP contribution in [0.2, 0.25) is 0 Å². The number of carbonyl (C=O) groups is 2. The minimum atomic E-state index is -4.60. The van der Waals surface area contributed by atoms with Crippen LogP contribution < -0.4 is 5.43 Å². The van der Waals surface area contributed by atoms with Crippen molar-refractivity contribution in [1.82, 2.24) is 20.2 Å². The topological polar surface area (TPSA) is 55.9 Å². The third-order valence-electron chi connectivity index (χ3n) is 6.63. The Morgan fingerprint density at radius 1 is 1.06 bits per heavy atom. The maximum atomic E-state index is 13.2. The predicted octanol–water partition coefficient (Wildman–Crippen LogP) is 2.68. The van der Waals surface area contributed by atoms with Gasteiger partial charge in [0.1, 0.15) is 11.2 Å². The second-order valence-electron chi connectivity index (χ2n) is 9.50. The van der Waals surface area contributed by atoms with Gasteiger partial charge in [-0.3, -0.25) is 9.59 Å². The number of nitrogens with zero attached hydrogens (tertiary/aromatic N) is 3. The van der Waals surface area contributed by atoms with E-state index in [-0.39, 0.29) is 30.2 Å². The molecule has 0 radical (unpaired) electrons. The van der Waals surface area contributed by atoms with Gasteiger partial charge in [-0.1, -0.05) is 12.1 Å². The summed E-state index contributed by atoms with van der Waals surface area (Å²) < 4.78 is 52.6. The predicted molar refractivity (Wildman–Crippen MR) is 108 cm³/mol. The Morgan fingerprint density at radius 2 is 1.69 bits per heavy atom. The minimum absolute atomic E-state index is 0.114. The average molecular weight is 454 g/mol. The van der Waals surface area contributed by atoms with Gasteiger partial charge in [-0.15, -0.1) is 0 Å². The lowest BCUT2D eigenvalue weighted by Crippen LogP contribution is -2.63. The average Bonchev–Trinajstić information content (AvgIpc) is 3.34. The molecule has 0 saturated carbocycles. The molecule has 0 unspecified atom stereocenters. The standard InChI is InChI=1S/C22H26F4N4O2/c1-20(2,22(24,25)26)19(32)29-13-21(14-29)7-8-28(12-21)18(31)16-9-27-30(11-16)10-15-3-5-17(23)6-4-15/h3-6,11,27H,7-10,12-14H2,1-2H3. The van der Waals surface area contributed by atoms with Crippen molar-refractivity contribution in [2.45, 2.75) is 33.0 Å². The Kier molecular flexibility index (Phi) is 5.47. The monoisotopic (exact) mass is 454 g/mol. The van der Waals surface area contributed by atoms with Gasteiger partial charge in [0.25, 0.3) is 5.91 Å². The van der Waals surface area contributed by atoms with Crippen LogP contribution in [0.5, 0.6) is 0 Å². The van der Waals surface area contributed by atoms with Gasteiger partial charge < -0.3 is 14.8 Å². The Bertz CT molecular complexity index is 936. The van der Waals surface area contributed by atoms with E-state index in [0.29, 0.717) is 38.2 Å². The summed E-state index contributed by atoms with van der Waals surface area (Å²) >= 11 is 0. The van der Waals surface area contributed by atoms with E-state index in [0.717, 1.165) is 19.4 Å². The first-order valence-electron chi connectivity index (χ1n) is 10.5. The van der Waals surface area contributed by atoms with E-state index in [1.807, 2.05) is 0 Å². The summed E-state index contributed by atoms with van der Waals surface area (Å²) in [5.74, 6) is -1.34. The summed E-state index contributed by atoms with van der Waals surface area (Å²) in [6, 6.07) is 6.12. The van der Waals surface area contributed by atoms with E-state index in [9.17, 15) is 27.2 Å². The number of hydrazine groups is 1. The number of rotatable bonds is 4. The van der Waals surface area contributed by atoms with E-state index >= 15 is 0 Å². The van der Waals surface area contributed by atoms with E-state index in [2.05, 4.69) is 5.43 Å². The van der Waals surface area contributed by atoms with Gasteiger partial charge >= 0.3 is 6.18 Å². The first kappa shape index (κ1) is 22.6. The number of amides is 2. The summed E-state index contributed by atoms with van der Waals surface area (Å²) in [4.78, 5) is 28.2. The van der Waals surface area contributed by atoms with Crippen LogP contribution in [0.15, 0.2) is 36.0 Å². The van der Waals surface area contributed by atoms with Crippen molar-refractivity contribution in [1.29, 1.82) is 0 Å². The quantitative estimate of drug-likeness (QED) is 0.711. The molecule has 2 amide bonds. The van der Waals surface area contributed by atoms with Gasteiger partial charge in [0.05, 0.1) is 12.1 Å². The Hall–Kier alpha value is -2.62. The molecule has 10 heteroatoms. The zero-order chi connectivity index (χ0) is 23.3. The molecule has 2 fully saturated rings. The van der Waals surface area contributed by atoms with Crippen molar-refractivity contribution < 1.29 is 27.2 Å². The Morgan fingerprint density at radius 3 is 2.31 bits per heavy atom. The highest BCUT2D eigenvalue weighted by Crippen LogP contribution is 2.45. The number of halogens is 4. The summed E-state index contributed by atoms with van der Waals surface area (Å²) in [5, 5.41) is 1.77. The SMILES string of the molecule is CC(C)(C(=O)N1CC2(CCN(C(=O)C3=CN(Cc4ccc(F)cc4)NC3)C2)C1)C(F)(F)F. The molecule has 6 nitrogen and oxygen atoms in total. The number of hydrogen-bond acceptors (Lipinski definition) is 4. The van der Waals surface area contributed by atoms with E-state index in [1.54, 1.807) is 28.2 Å². The largest absolute Gasteiger partial charge is 0.402 e. The molecule has 0 aromatic heterocycles. The molecule has 1 spiro atoms. The first-order chi connectivity index (χ1) is 14.9. The molecule has 3 aliphatic rings. The molecule has 3 aliphatic heterocycles. The number of nitrogens with one attached hydrogen (secondary N) is 1. The molecule has 0 bridgehead atoms. The van der Waals surface area contributed by atoms with Gasteiger partial charge in [-0.25, -0.2) is 9.82 Å². The third-order valence-corrected chi connectivity index (χ3v) is 6.63. The van der Waals surface area contributed by atoms with Gasteiger partial charge in [-0.05, 0) is 38.0 Å². The lowest BCUT2D eigenvalue weighted by Gasteiger charge is -2.50. The number of carbonyl (C=O) groups excluding carboxylic acids is 2. The molecular weight excluding hydrogens is 428 g/mol. The summed E-state index contributed by atoms with van der Waals surface area (Å²) in [7, 11) is 0. The first-order valence-corrected chi connectivity index (χ1v) is 10.5. The molecule has 32 heavy (non-hydrogen) atoms. The molecule has 4 rings (SSSR count). The van der Waals surface area contributed by atoms with Crippen LogP contribution in [0.4, 0.5) is 17.6 Å². The highest BCUT2D eigenvalue weighted by atomic mass is 19.4. The highest BCUT2D eigenvalue weighted by molar-refractivity contribution is 5.94. The Labute approximate surface area is 183 Å². The normalized spacial score (nSPS) is 20.6. The van der Waals surface area contributed by atoms with Gasteiger partial charge in [0.15, 0.2) is 0 Å². The zero-order valence-electron chi connectivity index (χ0n) is 18.0. The molecule has 174 valence electrons. The third kappa shape index (κ3) is 4.07. The smallest absolute Gasteiger partial charge is 0.341 e. The van der Waals surface area contributed by atoms with Crippen molar-refractivity contribution in [3.05, 3.63) is 47.4 Å². The van der Waals surface area contributed by atoms with Crippen molar-refractivity contribution in [3.63, 3.8) is 0 Å². The molecule has 3 heterocycles. The van der Waals surface area contributed by atoms with Crippen LogP contribution in [0.3, 0.4) is 0 Å². The lowest BCUT2D eigenvalue weighted by molar-refractivity contribution is -0.222. The fraction of sp³-hybridized carbons (Fsp3) is 0.545. The minimum Gasteiger partial charge on any atom is -0.341 e. The molecule has 2 saturated heterocycles. The number of hydrogen-bond donors (Lipinski definition) is 1. The lowest BCUT2D eigenvalue weighted by atomic mass is 9.77. The molecule has 1 aromatic carbocycles. The molecule has 1 N–H and O–H groups in total. The maximum absolute atomic E-state index is 13.2. The van der Waals surface area contributed by atoms with Crippen molar-refractivity contribution >= 4 is 11.8 Å². The highest BCUT2D eigenvalue weighted by Gasteiger charge is 2.59. The summed E-state index contributed by atoms with van der Waals surface area (Å²) in [5.41, 5.74) is 1.86. The van der Waals surface area contributed by atoms with Crippen LogP contribution in [-0.4, -0.2) is 65.5 Å². The fourth-order valence-electron chi connectivity index (χ4n) is 4.48. The van der Waals surface area contributed by atoms with Crippen LogP contribution in [0, 0.1) is 16.6 Å². The Balaban J connectivity index is 1.32.